The van der Waals surface area contributed by atoms with Crippen molar-refractivity contribution >= 4 is 11.5 Å². The minimum absolute atomic E-state index is 0.142. The smallest absolute Gasteiger partial charge is 0.0454 e. The molecule has 1 heterocycles. The van der Waals surface area contributed by atoms with Crippen LogP contribution in [-0.2, 0) is 0 Å². The van der Waals surface area contributed by atoms with E-state index in [2.05, 4.69) is 25.1 Å². The number of hydrogen-bond donors (Lipinski definition) is 1. The summed E-state index contributed by atoms with van der Waals surface area (Å²) in [6.07, 6.45) is 1.87. The van der Waals surface area contributed by atoms with Gasteiger partial charge in [-0.05, 0) is 28.9 Å². The highest BCUT2D eigenvalue weighted by Crippen LogP contribution is 2.25. The van der Waals surface area contributed by atoms with Crippen LogP contribution in [0.15, 0.2) is 11.6 Å². The maximum absolute atomic E-state index is 6.05. The van der Waals surface area contributed by atoms with E-state index >= 15 is 0 Å². The summed E-state index contributed by atoms with van der Waals surface area (Å²) in [6, 6.07) is 0.142. The molecule has 0 saturated carbocycles. The first kappa shape index (κ1) is 9.68. The highest BCUT2D eigenvalue weighted by atomic mass is 32.1. The van der Waals surface area contributed by atoms with Gasteiger partial charge in [0.15, 0.2) is 0 Å². The molecule has 0 aromatic carbocycles. The Hall–Kier alpha value is -0.410. The van der Waals surface area contributed by atoms with Crippen LogP contribution in [0, 0.1) is 11.8 Å². The molecule has 12 heavy (non-hydrogen) atoms. The fraction of sp³-hybridized carbons (Fsp3) is 0.667. The Morgan fingerprint density at radius 2 is 2.08 bits per heavy atom. The van der Waals surface area contributed by atoms with Gasteiger partial charge in [0.2, 0.25) is 0 Å². The molecule has 0 aliphatic carbocycles. The molecule has 2 N–H and O–H groups in total. The van der Waals surface area contributed by atoms with E-state index in [0.717, 1.165) is 0 Å². The lowest BCUT2D eigenvalue weighted by atomic mass is 9.88. The molecule has 1 aromatic rings. The van der Waals surface area contributed by atoms with Gasteiger partial charge >= 0.3 is 0 Å². The summed E-state index contributed by atoms with van der Waals surface area (Å²) >= 11 is 1.47. The lowest BCUT2D eigenvalue weighted by Crippen LogP contribution is -2.22. The third kappa shape index (κ3) is 2.05. The predicted octanol–water partition coefficient (Wildman–Crippen LogP) is 2.44. The molecule has 1 aromatic heterocycles. The standard InChI is InChI=1S/C9H16N2S/c1-6(2)7(3)9(10)8-4-11-12-5-8/h4-7,9H,10H2,1-3H3. The van der Waals surface area contributed by atoms with Gasteiger partial charge in [-0.1, -0.05) is 20.8 Å². The van der Waals surface area contributed by atoms with E-state index in [0.29, 0.717) is 11.8 Å². The number of nitrogens with two attached hydrogens (primary N) is 1. The van der Waals surface area contributed by atoms with Gasteiger partial charge in [-0.15, -0.1) is 0 Å². The minimum atomic E-state index is 0.142. The van der Waals surface area contributed by atoms with Gasteiger partial charge in [-0.25, -0.2) is 4.37 Å². The van der Waals surface area contributed by atoms with Gasteiger partial charge in [0.25, 0.3) is 0 Å². The quantitative estimate of drug-likeness (QED) is 0.783. The van der Waals surface area contributed by atoms with Crippen LogP contribution in [0.25, 0.3) is 0 Å². The Kier molecular flexibility index (Phi) is 3.23. The summed E-state index contributed by atoms with van der Waals surface area (Å²) in [5, 5.41) is 2.03. The minimum Gasteiger partial charge on any atom is -0.324 e. The molecule has 0 radical (unpaired) electrons. The Morgan fingerprint density at radius 3 is 2.50 bits per heavy atom. The SMILES string of the molecule is CC(C)C(C)C(N)c1cnsc1. The van der Waals surface area contributed by atoms with E-state index < -0.39 is 0 Å². The first-order valence-electron chi connectivity index (χ1n) is 4.27. The van der Waals surface area contributed by atoms with Crippen molar-refractivity contribution in [3.63, 3.8) is 0 Å². The molecule has 0 fully saturated rings. The summed E-state index contributed by atoms with van der Waals surface area (Å²) in [5.74, 6) is 1.14. The second-order valence-corrected chi connectivity index (χ2v) is 4.24. The zero-order chi connectivity index (χ0) is 9.14. The van der Waals surface area contributed by atoms with Crippen LogP contribution < -0.4 is 5.73 Å². The lowest BCUT2D eigenvalue weighted by molar-refractivity contribution is 0.352. The van der Waals surface area contributed by atoms with E-state index in [1.165, 1.54) is 17.1 Å². The van der Waals surface area contributed by atoms with E-state index in [9.17, 15) is 0 Å². The van der Waals surface area contributed by atoms with Crippen LogP contribution in [0.1, 0.15) is 32.4 Å². The highest BCUT2D eigenvalue weighted by Gasteiger charge is 2.18. The van der Waals surface area contributed by atoms with Crippen molar-refractivity contribution in [2.24, 2.45) is 17.6 Å². The summed E-state index contributed by atoms with van der Waals surface area (Å²) < 4.78 is 4.05. The van der Waals surface area contributed by atoms with E-state index in [4.69, 9.17) is 5.73 Å². The van der Waals surface area contributed by atoms with Crippen molar-refractivity contribution in [2.45, 2.75) is 26.8 Å². The molecule has 68 valence electrons. The molecule has 1 rings (SSSR count). The fourth-order valence-electron chi connectivity index (χ4n) is 1.10. The Bertz CT molecular complexity index is 218. The maximum atomic E-state index is 6.05. The van der Waals surface area contributed by atoms with Crippen LogP contribution in [0.5, 0.6) is 0 Å². The third-order valence-electron chi connectivity index (χ3n) is 2.45. The predicted molar refractivity (Wildman–Crippen MR) is 53.0 cm³/mol. The third-order valence-corrected chi connectivity index (χ3v) is 3.06. The zero-order valence-corrected chi connectivity index (χ0v) is 8.64. The van der Waals surface area contributed by atoms with Gasteiger partial charge < -0.3 is 5.73 Å². The van der Waals surface area contributed by atoms with Crippen LogP contribution >= 0.6 is 11.5 Å². The second-order valence-electron chi connectivity index (χ2n) is 3.59. The molecule has 0 aliphatic heterocycles. The molecule has 3 heteroatoms. The van der Waals surface area contributed by atoms with Crippen molar-refractivity contribution < 1.29 is 0 Å². The van der Waals surface area contributed by atoms with E-state index in [-0.39, 0.29) is 6.04 Å². The van der Waals surface area contributed by atoms with Gasteiger partial charge in [0.05, 0.1) is 0 Å². The molecule has 2 unspecified atom stereocenters. The summed E-state index contributed by atoms with van der Waals surface area (Å²) in [5.41, 5.74) is 7.22. The van der Waals surface area contributed by atoms with Gasteiger partial charge in [0, 0.05) is 17.6 Å². The molecule has 0 aliphatic rings. The number of hydrogen-bond acceptors (Lipinski definition) is 3. The highest BCUT2D eigenvalue weighted by molar-refractivity contribution is 7.03. The van der Waals surface area contributed by atoms with Crippen molar-refractivity contribution in [3.8, 4) is 0 Å². The largest absolute Gasteiger partial charge is 0.324 e. The number of nitrogens with zero attached hydrogens (tertiary/aromatic N) is 1. The van der Waals surface area contributed by atoms with Crippen LogP contribution in [0.3, 0.4) is 0 Å². The monoisotopic (exact) mass is 184 g/mol. The summed E-state index contributed by atoms with van der Waals surface area (Å²) in [4.78, 5) is 0. The molecular formula is C9H16N2S. The van der Waals surface area contributed by atoms with Crippen molar-refractivity contribution in [2.75, 3.05) is 0 Å². The van der Waals surface area contributed by atoms with Crippen molar-refractivity contribution in [3.05, 3.63) is 17.1 Å². The van der Waals surface area contributed by atoms with Crippen LogP contribution in [0.2, 0.25) is 0 Å². The summed E-state index contributed by atoms with van der Waals surface area (Å²) in [7, 11) is 0. The Labute approximate surface area is 78.0 Å². The molecule has 0 saturated heterocycles. The molecular weight excluding hydrogens is 168 g/mol. The maximum Gasteiger partial charge on any atom is 0.0454 e. The van der Waals surface area contributed by atoms with Crippen LogP contribution in [0.4, 0.5) is 0 Å². The fourth-order valence-corrected chi connectivity index (χ4v) is 1.68. The Morgan fingerprint density at radius 1 is 1.42 bits per heavy atom. The molecule has 0 spiro atoms. The molecule has 2 nitrogen and oxygen atoms in total. The lowest BCUT2D eigenvalue weighted by Gasteiger charge is -2.21. The van der Waals surface area contributed by atoms with Crippen molar-refractivity contribution in [1.29, 1.82) is 0 Å². The molecule has 0 bridgehead atoms. The van der Waals surface area contributed by atoms with E-state index in [1.807, 2.05) is 11.6 Å². The first-order valence-corrected chi connectivity index (χ1v) is 5.11. The average molecular weight is 184 g/mol. The Balaban J connectivity index is 2.65. The normalized spacial score (nSPS) is 16.4. The van der Waals surface area contributed by atoms with Gasteiger partial charge in [0.1, 0.15) is 0 Å². The first-order chi connectivity index (χ1) is 5.63. The molecule has 2 atom stereocenters. The molecule has 0 amide bonds. The van der Waals surface area contributed by atoms with Crippen molar-refractivity contribution in [1.82, 2.24) is 4.37 Å². The van der Waals surface area contributed by atoms with Crippen LogP contribution in [-0.4, -0.2) is 4.37 Å². The number of aromatic nitrogens is 1. The van der Waals surface area contributed by atoms with Gasteiger partial charge in [-0.2, -0.15) is 0 Å². The topological polar surface area (TPSA) is 38.9 Å². The zero-order valence-electron chi connectivity index (χ0n) is 7.82. The van der Waals surface area contributed by atoms with Gasteiger partial charge in [-0.3, -0.25) is 0 Å². The summed E-state index contributed by atoms with van der Waals surface area (Å²) in [6.45, 7) is 6.58. The average Bonchev–Trinajstić information content (AvgIpc) is 2.53. The second kappa shape index (κ2) is 4.01. The number of rotatable bonds is 3. The van der Waals surface area contributed by atoms with E-state index in [1.54, 1.807) is 0 Å².